The minimum absolute atomic E-state index is 0.0495. The van der Waals surface area contributed by atoms with Crippen molar-refractivity contribution in [2.75, 3.05) is 7.05 Å². The quantitative estimate of drug-likeness (QED) is 0.814. The van der Waals surface area contributed by atoms with Crippen molar-refractivity contribution in [2.24, 2.45) is 5.73 Å². The maximum atomic E-state index is 11.6. The first kappa shape index (κ1) is 11.8. The maximum Gasteiger partial charge on any atom is 0.239 e. The van der Waals surface area contributed by atoms with Crippen molar-refractivity contribution in [1.29, 1.82) is 0 Å². The summed E-state index contributed by atoms with van der Waals surface area (Å²) in [4.78, 5) is 13.2. The number of amides is 1. The third-order valence-corrected chi connectivity index (χ3v) is 2.32. The van der Waals surface area contributed by atoms with E-state index in [1.54, 1.807) is 11.9 Å². The Labute approximate surface area is 90.0 Å². The lowest BCUT2D eigenvalue weighted by atomic mass is 10.2. The highest BCUT2D eigenvalue weighted by atomic mass is 16.3. The number of likely N-dealkylation sites (N-methyl/N-ethyl adjacent to an activating group) is 1. The topological polar surface area (TPSA) is 59.5 Å². The molecule has 0 aromatic carbocycles. The van der Waals surface area contributed by atoms with Gasteiger partial charge in [-0.15, -0.1) is 0 Å². The van der Waals surface area contributed by atoms with E-state index >= 15 is 0 Å². The Kier molecular flexibility index (Phi) is 3.91. The first-order valence-electron chi connectivity index (χ1n) is 5.10. The minimum atomic E-state index is -0.411. The molecule has 84 valence electrons. The molecule has 15 heavy (non-hydrogen) atoms. The number of hydrogen-bond donors (Lipinski definition) is 1. The number of aryl methyl sites for hydroxylation is 1. The summed E-state index contributed by atoms with van der Waals surface area (Å²) in [6.07, 6.45) is 0.653. The Morgan fingerprint density at radius 2 is 2.27 bits per heavy atom. The van der Waals surface area contributed by atoms with E-state index in [9.17, 15) is 4.79 Å². The first-order chi connectivity index (χ1) is 7.04. The largest absolute Gasteiger partial charge is 0.464 e. The van der Waals surface area contributed by atoms with Crippen molar-refractivity contribution in [2.45, 2.75) is 32.9 Å². The minimum Gasteiger partial charge on any atom is -0.464 e. The van der Waals surface area contributed by atoms with Crippen molar-refractivity contribution < 1.29 is 9.21 Å². The lowest BCUT2D eigenvalue weighted by Crippen LogP contribution is -2.40. The molecule has 1 atom stereocenters. The third-order valence-electron chi connectivity index (χ3n) is 2.32. The Hall–Kier alpha value is -1.29. The molecule has 0 unspecified atom stereocenters. The zero-order valence-electron chi connectivity index (χ0n) is 9.49. The van der Waals surface area contributed by atoms with Gasteiger partial charge in [-0.1, -0.05) is 6.92 Å². The van der Waals surface area contributed by atoms with Gasteiger partial charge in [0, 0.05) is 7.05 Å². The summed E-state index contributed by atoms with van der Waals surface area (Å²) >= 11 is 0. The van der Waals surface area contributed by atoms with E-state index in [0.717, 1.165) is 11.5 Å². The molecule has 0 bridgehead atoms. The molecule has 4 heteroatoms. The van der Waals surface area contributed by atoms with Crippen molar-refractivity contribution in [3.05, 3.63) is 23.7 Å². The summed E-state index contributed by atoms with van der Waals surface area (Å²) in [5.41, 5.74) is 5.65. The molecule has 0 aliphatic carbocycles. The zero-order valence-corrected chi connectivity index (χ0v) is 9.49. The van der Waals surface area contributed by atoms with Crippen molar-refractivity contribution in [3.8, 4) is 0 Å². The Balaban J connectivity index is 2.55. The highest BCUT2D eigenvalue weighted by molar-refractivity contribution is 5.81. The van der Waals surface area contributed by atoms with Crippen LogP contribution in [0.1, 0.15) is 24.9 Å². The molecule has 0 fully saturated rings. The Bertz CT molecular complexity index is 333. The van der Waals surface area contributed by atoms with E-state index < -0.39 is 6.04 Å². The summed E-state index contributed by atoms with van der Waals surface area (Å²) in [5, 5.41) is 0. The number of nitrogens with zero attached hydrogens (tertiary/aromatic N) is 1. The van der Waals surface area contributed by atoms with Gasteiger partial charge in [0.25, 0.3) is 0 Å². The number of nitrogens with two attached hydrogens (primary N) is 1. The molecule has 0 saturated heterocycles. The van der Waals surface area contributed by atoms with E-state index in [4.69, 9.17) is 10.2 Å². The summed E-state index contributed by atoms with van der Waals surface area (Å²) in [6.45, 7) is 4.25. The fourth-order valence-electron chi connectivity index (χ4n) is 1.34. The van der Waals surface area contributed by atoms with Gasteiger partial charge in [0.05, 0.1) is 12.6 Å². The van der Waals surface area contributed by atoms with Crippen LogP contribution in [0.4, 0.5) is 0 Å². The molecular weight excluding hydrogens is 192 g/mol. The highest BCUT2D eigenvalue weighted by Crippen LogP contribution is 2.09. The van der Waals surface area contributed by atoms with Crippen LogP contribution >= 0.6 is 0 Å². The fourth-order valence-corrected chi connectivity index (χ4v) is 1.34. The molecule has 1 aromatic rings. The summed E-state index contributed by atoms with van der Waals surface area (Å²) in [5.74, 6) is 1.59. The number of furan rings is 1. The number of carbonyl (C=O) groups excluding carboxylic acids is 1. The number of carbonyl (C=O) groups is 1. The van der Waals surface area contributed by atoms with E-state index in [1.165, 1.54) is 0 Å². The van der Waals surface area contributed by atoms with Gasteiger partial charge in [-0.2, -0.15) is 0 Å². The van der Waals surface area contributed by atoms with E-state index in [1.807, 2.05) is 26.0 Å². The molecule has 2 N–H and O–H groups in total. The molecular formula is C11H18N2O2. The fraction of sp³-hybridized carbons (Fsp3) is 0.545. The molecule has 0 radical (unpaired) electrons. The first-order valence-corrected chi connectivity index (χ1v) is 5.10. The second-order valence-corrected chi connectivity index (χ2v) is 3.72. The van der Waals surface area contributed by atoms with Gasteiger partial charge in [0.2, 0.25) is 5.91 Å². The molecule has 1 aromatic heterocycles. The van der Waals surface area contributed by atoms with Gasteiger partial charge >= 0.3 is 0 Å². The standard InChI is InChI=1S/C11H18N2O2/c1-4-10(12)11(14)13(3)7-9-6-5-8(2)15-9/h5-6,10H,4,7,12H2,1-3H3/t10-/m1/s1. The van der Waals surface area contributed by atoms with Crippen LogP contribution in [0.2, 0.25) is 0 Å². The van der Waals surface area contributed by atoms with E-state index in [2.05, 4.69) is 0 Å². The van der Waals surface area contributed by atoms with Gasteiger partial charge in [0.15, 0.2) is 0 Å². The van der Waals surface area contributed by atoms with Crippen LogP contribution < -0.4 is 5.73 Å². The van der Waals surface area contributed by atoms with Crippen molar-refractivity contribution in [3.63, 3.8) is 0 Å². The van der Waals surface area contributed by atoms with Crippen LogP contribution in [-0.4, -0.2) is 23.9 Å². The average molecular weight is 210 g/mol. The SMILES string of the molecule is CC[C@@H](N)C(=O)N(C)Cc1ccc(C)o1. The van der Waals surface area contributed by atoms with E-state index in [0.29, 0.717) is 13.0 Å². The molecule has 1 amide bonds. The van der Waals surface area contributed by atoms with Crippen molar-refractivity contribution in [1.82, 2.24) is 4.90 Å². The molecule has 0 saturated carbocycles. The summed E-state index contributed by atoms with van der Waals surface area (Å²) in [6, 6.07) is 3.34. The summed E-state index contributed by atoms with van der Waals surface area (Å²) in [7, 11) is 1.73. The van der Waals surface area contributed by atoms with Crippen LogP contribution in [0.3, 0.4) is 0 Å². The molecule has 1 heterocycles. The Morgan fingerprint density at radius 3 is 2.73 bits per heavy atom. The lowest BCUT2D eigenvalue weighted by Gasteiger charge is -2.19. The van der Waals surface area contributed by atoms with Crippen LogP contribution in [0.15, 0.2) is 16.5 Å². The summed E-state index contributed by atoms with van der Waals surface area (Å²) < 4.78 is 5.38. The molecule has 0 spiro atoms. The average Bonchev–Trinajstić information content (AvgIpc) is 2.61. The highest BCUT2D eigenvalue weighted by Gasteiger charge is 2.16. The maximum absolute atomic E-state index is 11.6. The second-order valence-electron chi connectivity index (χ2n) is 3.72. The Morgan fingerprint density at radius 1 is 1.60 bits per heavy atom. The van der Waals surface area contributed by atoms with Crippen LogP contribution in [-0.2, 0) is 11.3 Å². The molecule has 0 aliphatic rings. The lowest BCUT2D eigenvalue weighted by molar-refractivity contribution is -0.132. The van der Waals surface area contributed by atoms with Gasteiger partial charge < -0.3 is 15.1 Å². The van der Waals surface area contributed by atoms with Crippen molar-refractivity contribution >= 4 is 5.91 Å². The van der Waals surface area contributed by atoms with Gasteiger partial charge in [-0.05, 0) is 25.5 Å². The predicted octanol–water partition coefficient (Wildman–Crippen LogP) is 1.28. The smallest absolute Gasteiger partial charge is 0.239 e. The third kappa shape index (κ3) is 3.09. The predicted molar refractivity (Wildman–Crippen MR) is 58.2 cm³/mol. The second kappa shape index (κ2) is 4.98. The molecule has 1 rings (SSSR count). The zero-order chi connectivity index (χ0) is 11.4. The van der Waals surface area contributed by atoms with Crippen LogP contribution in [0.5, 0.6) is 0 Å². The van der Waals surface area contributed by atoms with Crippen LogP contribution in [0.25, 0.3) is 0 Å². The molecule has 4 nitrogen and oxygen atoms in total. The normalized spacial score (nSPS) is 12.5. The number of rotatable bonds is 4. The van der Waals surface area contributed by atoms with Gasteiger partial charge in [-0.3, -0.25) is 4.79 Å². The van der Waals surface area contributed by atoms with E-state index in [-0.39, 0.29) is 5.91 Å². The number of hydrogen-bond acceptors (Lipinski definition) is 3. The van der Waals surface area contributed by atoms with Crippen LogP contribution in [0, 0.1) is 6.92 Å². The van der Waals surface area contributed by atoms with Gasteiger partial charge in [-0.25, -0.2) is 0 Å². The molecule has 0 aliphatic heterocycles. The van der Waals surface area contributed by atoms with Gasteiger partial charge in [0.1, 0.15) is 11.5 Å². The monoisotopic (exact) mass is 210 g/mol.